The van der Waals surface area contributed by atoms with Crippen molar-refractivity contribution < 1.29 is 4.57 Å². The molecule has 0 aromatic heterocycles. The lowest BCUT2D eigenvalue weighted by Crippen LogP contribution is -2.04. The molecule has 0 bridgehead atoms. The van der Waals surface area contributed by atoms with E-state index in [0.29, 0.717) is 5.66 Å². The molecule has 1 aliphatic rings. The largest absolute Gasteiger partial charge is 0.323 e. The number of rotatable bonds is 1. The van der Waals surface area contributed by atoms with Crippen molar-refractivity contribution in [3.05, 3.63) is 12.2 Å². The third kappa shape index (κ3) is 2.20. The van der Waals surface area contributed by atoms with Crippen LogP contribution in [0.5, 0.6) is 0 Å². The highest BCUT2D eigenvalue weighted by molar-refractivity contribution is 7.64. The van der Waals surface area contributed by atoms with E-state index in [2.05, 4.69) is 26.0 Å². The summed E-state index contributed by atoms with van der Waals surface area (Å²) in [4.78, 5) is 0. The zero-order valence-corrected chi connectivity index (χ0v) is 8.31. The Hall–Kier alpha value is -0.0300. The average Bonchev–Trinajstić information content (AvgIpc) is 2.15. The normalized spacial score (nSPS) is 23.5. The highest BCUT2D eigenvalue weighted by atomic mass is 31.2. The van der Waals surface area contributed by atoms with Gasteiger partial charge < -0.3 is 4.57 Å². The molecule has 0 saturated carbocycles. The van der Waals surface area contributed by atoms with Crippen LogP contribution in [0.15, 0.2) is 12.2 Å². The molecule has 64 valence electrons. The molecule has 0 spiro atoms. The summed E-state index contributed by atoms with van der Waals surface area (Å²) < 4.78 is 12.1. The summed E-state index contributed by atoms with van der Waals surface area (Å²) in [6.07, 6.45) is 8.25. The summed E-state index contributed by atoms with van der Waals surface area (Å²) in [7, 11) is -1.79. The lowest BCUT2D eigenvalue weighted by atomic mass is 10.4. The average molecular weight is 172 g/mol. The quantitative estimate of drug-likeness (QED) is 0.438. The summed E-state index contributed by atoms with van der Waals surface area (Å²) in [5.41, 5.74) is 0.391. The van der Waals surface area contributed by atoms with Crippen molar-refractivity contribution in [2.45, 2.75) is 32.3 Å². The zero-order valence-electron chi connectivity index (χ0n) is 7.42. The molecule has 0 N–H and O–H groups in total. The lowest BCUT2D eigenvalue weighted by Gasteiger charge is -2.19. The molecule has 0 aromatic carbocycles. The SMILES string of the molecule is CC(C)P1(=O)CCC=CCC1. The van der Waals surface area contributed by atoms with Crippen LogP contribution in [0.25, 0.3) is 0 Å². The third-order valence-electron chi connectivity index (χ3n) is 2.46. The van der Waals surface area contributed by atoms with Crippen LogP contribution in [0.2, 0.25) is 0 Å². The van der Waals surface area contributed by atoms with E-state index in [4.69, 9.17) is 0 Å². The topological polar surface area (TPSA) is 17.1 Å². The van der Waals surface area contributed by atoms with E-state index in [1.807, 2.05) is 0 Å². The Morgan fingerprint density at radius 3 is 2.00 bits per heavy atom. The van der Waals surface area contributed by atoms with Gasteiger partial charge in [0, 0.05) is 18.0 Å². The van der Waals surface area contributed by atoms with E-state index in [1.54, 1.807) is 0 Å². The molecule has 1 aliphatic heterocycles. The molecule has 1 heterocycles. The zero-order chi connectivity index (χ0) is 8.32. The minimum Gasteiger partial charge on any atom is -0.323 e. The van der Waals surface area contributed by atoms with E-state index >= 15 is 0 Å². The molecule has 0 aromatic rings. The summed E-state index contributed by atoms with van der Waals surface area (Å²) in [5, 5.41) is 0. The Morgan fingerprint density at radius 1 is 1.18 bits per heavy atom. The maximum atomic E-state index is 12.1. The third-order valence-corrected chi connectivity index (χ3v) is 6.37. The predicted octanol–water partition coefficient (Wildman–Crippen LogP) is 3.11. The van der Waals surface area contributed by atoms with E-state index in [0.717, 1.165) is 25.2 Å². The van der Waals surface area contributed by atoms with Crippen molar-refractivity contribution in [2.24, 2.45) is 0 Å². The Balaban J connectivity index is 2.65. The monoisotopic (exact) mass is 172 g/mol. The van der Waals surface area contributed by atoms with Crippen molar-refractivity contribution in [2.75, 3.05) is 12.3 Å². The number of hydrogen-bond donors (Lipinski definition) is 0. The summed E-state index contributed by atoms with van der Waals surface area (Å²) in [6.45, 7) is 4.18. The van der Waals surface area contributed by atoms with Crippen molar-refractivity contribution in [3.63, 3.8) is 0 Å². The van der Waals surface area contributed by atoms with Crippen LogP contribution in [0.1, 0.15) is 26.7 Å². The minimum atomic E-state index is -1.79. The van der Waals surface area contributed by atoms with Gasteiger partial charge in [0.2, 0.25) is 0 Å². The standard InChI is InChI=1S/C9H17OP/c1-9(2)11(10)7-5-3-4-6-8-11/h3-4,9H,5-8H2,1-2H3. The maximum absolute atomic E-state index is 12.1. The molecule has 11 heavy (non-hydrogen) atoms. The van der Waals surface area contributed by atoms with Crippen LogP contribution in [-0.2, 0) is 4.57 Å². The fourth-order valence-electron chi connectivity index (χ4n) is 1.45. The van der Waals surface area contributed by atoms with Gasteiger partial charge in [0.05, 0.1) is 7.14 Å². The first-order valence-electron chi connectivity index (χ1n) is 4.38. The summed E-state index contributed by atoms with van der Waals surface area (Å²) in [5.74, 6) is 0. The van der Waals surface area contributed by atoms with E-state index < -0.39 is 7.14 Å². The van der Waals surface area contributed by atoms with Crippen molar-refractivity contribution in [1.82, 2.24) is 0 Å². The van der Waals surface area contributed by atoms with Gasteiger partial charge in [-0.2, -0.15) is 0 Å². The van der Waals surface area contributed by atoms with Crippen LogP contribution in [0.3, 0.4) is 0 Å². The second kappa shape index (κ2) is 3.58. The highest BCUT2D eigenvalue weighted by Gasteiger charge is 2.25. The molecular weight excluding hydrogens is 155 g/mol. The van der Waals surface area contributed by atoms with Crippen LogP contribution in [0, 0.1) is 0 Å². The molecule has 0 aliphatic carbocycles. The first kappa shape index (κ1) is 9.06. The summed E-state index contributed by atoms with van der Waals surface area (Å²) >= 11 is 0. The highest BCUT2D eigenvalue weighted by Crippen LogP contribution is 2.52. The van der Waals surface area contributed by atoms with E-state index in [-0.39, 0.29) is 0 Å². The van der Waals surface area contributed by atoms with Gasteiger partial charge in [0.15, 0.2) is 0 Å². The van der Waals surface area contributed by atoms with Gasteiger partial charge in [-0.3, -0.25) is 0 Å². The van der Waals surface area contributed by atoms with Crippen LogP contribution in [-0.4, -0.2) is 18.0 Å². The first-order valence-corrected chi connectivity index (χ1v) is 6.52. The van der Waals surface area contributed by atoms with E-state index in [9.17, 15) is 4.57 Å². The molecule has 2 heteroatoms. The van der Waals surface area contributed by atoms with Gasteiger partial charge in [-0.15, -0.1) is 0 Å². The molecule has 0 amide bonds. The Kier molecular flexibility index (Phi) is 2.95. The molecule has 1 rings (SSSR count). The summed E-state index contributed by atoms with van der Waals surface area (Å²) in [6, 6.07) is 0. The molecule has 0 atom stereocenters. The molecule has 1 nitrogen and oxygen atoms in total. The number of allylic oxidation sites excluding steroid dienone is 2. The predicted molar refractivity (Wildman–Crippen MR) is 50.9 cm³/mol. The molecule has 0 saturated heterocycles. The van der Waals surface area contributed by atoms with Crippen LogP contribution >= 0.6 is 7.14 Å². The smallest absolute Gasteiger partial charge is 0.0907 e. The molecule has 0 fully saturated rings. The van der Waals surface area contributed by atoms with Gasteiger partial charge in [-0.1, -0.05) is 26.0 Å². The van der Waals surface area contributed by atoms with Gasteiger partial charge in [0.1, 0.15) is 0 Å². The van der Waals surface area contributed by atoms with Gasteiger partial charge in [-0.25, -0.2) is 0 Å². The first-order chi connectivity index (χ1) is 5.15. The molecular formula is C9H17OP. The minimum absolute atomic E-state index is 0.391. The Bertz CT molecular complexity index is 180. The second-order valence-corrected chi connectivity index (χ2v) is 7.37. The molecule has 0 radical (unpaired) electrons. The fourth-order valence-corrected chi connectivity index (χ4v) is 3.88. The second-order valence-electron chi connectivity index (χ2n) is 3.54. The Labute approximate surface area is 69.3 Å². The van der Waals surface area contributed by atoms with Gasteiger partial charge in [-0.05, 0) is 12.8 Å². The molecule has 0 unspecified atom stereocenters. The van der Waals surface area contributed by atoms with Crippen molar-refractivity contribution >= 4 is 7.14 Å². The lowest BCUT2D eigenvalue weighted by molar-refractivity contribution is 0.568. The van der Waals surface area contributed by atoms with Gasteiger partial charge >= 0.3 is 0 Å². The van der Waals surface area contributed by atoms with Crippen molar-refractivity contribution in [1.29, 1.82) is 0 Å². The number of hydrogen-bond acceptors (Lipinski definition) is 1. The van der Waals surface area contributed by atoms with Crippen LogP contribution < -0.4 is 0 Å². The van der Waals surface area contributed by atoms with Crippen molar-refractivity contribution in [3.8, 4) is 0 Å². The Morgan fingerprint density at radius 2 is 1.64 bits per heavy atom. The van der Waals surface area contributed by atoms with Crippen LogP contribution in [0.4, 0.5) is 0 Å². The fraction of sp³-hybridized carbons (Fsp3) is 0.778. The van der Waals surface area contributed by atoms with E-state index in [1.165, 1.54) is 0 Å². The van der Waals surface area contributed by atoms with Gasteiger partial charge in [0.25, 0.3) is 0 Å². The maximum Gasteiger partial charge on any atom is 0.0907 e.